The van der Waals surface area contributed by atoms with Gasteiger partial charge in [0.05, 0.1) is 31.0 Å². The molecule has 1 fully saturated rings. The number of hydrogen-bond acceptors (Lipinski definition) is 8. The number of carboxylic acids is 1. The van der Waals surface area contributed by atoms with Crippen molar-refractivity contribution in [3.8, 4) is 0 Å². The van der Waals surface area contributed by atoms with Gasteiger partial charge in [0, 0.05) is 28.0 Å². The molecule has 1 N–H and O–H groups in total. The molecule has 2 atom stereocenters. The second-order valence-corrected chi connectivity index (χ2v) is 10.5. The first kappa shape index (κ1) is 32.1. The molecule has 8 nitrogen and oxygen atoms in total. The Balaban J connectivity index is 0.00000441. The van der Waals surface area contributed by atoms with Crippen LogP contribution in [0.4, 0.5) is 13.2 Å². The van der Waals surface area contributed by atoms with Gasteiger partial charge in [-0.2, -0.15) is 5.10 Å². The van der Waals surface area contributed by atoms with E-state index in [0.717, 1.165) is 18.2 Å². The number of aromatic carboxylic acids is 1. The average molecular weight is 584 g/mol. The maximum Gasteiger partial charge on any atom is 1.00 e. The van der Waals surface area contributed by atoms with E-state index in [2.05, 4.69) is 10.1 Å². The molecule has 0 amide bonds. The SMILES string of the molecule is C[C@@H](SC1COC(/C=C/C=C/c2ccc(C(=O)[O-])cc2F)OC1)[C@](O)(Cn1cncn1)c1ccc(F)cc1F.[Na+]. The summed E-state index contributed by atoms with van der Waals surface area (Å²) in [6.07, 6.45) is 8.32. The maximum absolute atomic E-state index is 14.7. The molecule has 40 heavy (non-hydrogen) atoms. The smallest absolute Gasteiger partial charge is 0.545 e. The summed E-state index contributed by atoms with van der Waals surface area (Å²) in [5.74, 6) is -3.76. The minimum atomic E-state index is -1.74. The second kappa shape index (κ2) is 14.4. The Hall–Kier alpha value is -2.45. The number of carboxylic acid groups (broad SMARTS) is 1. The van der Waals surface area contributed by atoms with E-state index in [-0.39, 0.29) is 71.3 Å². The molecule has 1 aliphatic heterocycles. The van der Waals surface area contributed by atoms with Crippen molar-refractivity contribution < 1.29 is 67.2 Å². The number of halogens is 3. The quantitative estimate of drug-likeness (QED) is 0.264. The molecule has 3 aromatic rings. The Kier molecular flexibility index (Phi) is 11.6. The first-order chi connectivity index (χ1) is 18.7. The summed E-state index contributed by atoms with van der Waals surface area (Å²) in [7, 11) is 0. The van der Waals surface area contributed by atoms with Crippen LogP contribution in [-0.4, -0.2) is 55.8 Å². The largest absolute Gasteiger partial charge is 1.00 e. The number of allylic oxidation sites excluding steroid dienone is 2. The van der Waals surface area contributed by atoms with E-state index in [1.54, 1.807) is 25.2 Å². The summed E-state index contributed by atoms with van der Waals surface area (Å²) in [6, 6.07) is 6.53. The van der Waals surface area contributed by atoms with Crippen LogP contribution in [0.3, 0.4) is 0 Å². The minimum Gasteiger partial charge on any atom is -0.545 e. The number of rotatable bonds is 10. The van der Waals surface area contributed by atoms with E-state index in [0.29, 0.717) is 0 Å². The van der Waals surface area contributed by atoms with Crippen molar-refractivity contribution in [1.82, 2.24) is 14.8 Å². The Morgan fingerprint density at radius 2 is 1.95 bits per heavy atom. The summed E-state index contributed by atoms with van der Waals surface area (Å²) >= 11 is 1.34. The summed E-state index contributed by atoms with van der Waals surface area (Å²) in [5, 5.41) is 25.7. The van der Waals surface area contributed by atoms with Crippen LogP contribution < -0.4 is 34.7 Å². The van der Waals surface area contributed by atoms with Gasteiger partial charge in [0.1, 0.15) is 35.7 Å². The fraction of sp³-hybridized carbons (Fsp3) is 0.296. The van der Waals surface area contributed by atoms with Crippen LogP contribution in [0.15, 0.2) is 67.3 Å². The van der Waals surface area contributed by atoms with Crippen LogP contribution >= 0.6 is 11.8 Å². The molecule has 0 saturated carbocycles. The van der Waals surface area contributed by atoms with Gasteiger partial charge in [0.25, 0.3) is 0 Å². The van der Waals surface area contributed by atoms with Gasteiger partial charge in [-0.25, -0.2) is 22.8 Å². The number of aliphatic hydroxyl groups is 1. The zero-order valence-corrected chi connectivity index (χ0v) is 24.6. The van der Waals surface area contributed by atoms with Crippen molar-refractivity contribution in [3.05, 3.63) is 101 Å². The molecule has 13 heteroatoms. The first-order valence-corrected chi connectivity index (χ1v) is 12.8. The predicted octanol–water partition coefficient (Wildman–Crippen LogP) is 0.0835. The van der Waals surface area contributed by atoms with Gasteiger partial charge < -0.3 is 24.5 Å². The molecule has 4 rings (SSSR count). The Morgan fingerprint density at radius 3 is 2.58 bits per heavy atom. The van der Waals surface area contributed by atoms with Gasteiger partial charge in [0.15, 0.2) is 6.29 Å². The number of hydrogen-bond donors (Lipinski definition) is 1. The van der Waals surface area contributed by atoms with E-state index in [4.69, 9.17) is 9.47 Å². The second-order valence-electron chi connectivity index (χ2n) is 8.84. The van der Waals surface area contributed by atoms with Crippen molar-refractivity contribution in [3.63, 3.8) is 0 Å². The number of thioether (sulfide) groups is 1. The molecule has 1 aliphatic rings. The van der Waals surface area contributed by atoms with Gasteiger partial charge in [-0.05, 0) is 18.2 Å². The zero-order valence-electron chi connectivity index (χ0n) is 21.7. The third kappa shape index (κ3) is 8.06. The van der Waals surface area contributed by atoms with Gasteiger partial charge in [-0.15, -0.1) is 11.8 Å². The molecule has 0 aliphatic carbocycles. The van der Waals surface area contributed by atoms with Crippen LogP contribution in [0, 0.1) is 17.5 Å². The number of carbonyl (C=O) groups is 1. The summed E-state index contributed by atoms with van der Waals surface area (Å²) in [5.41, 5.74) is -1.84. The molecule has 0 spiro atoms. The number of benzene rings is 2. The van der Waals surface area contributed by atoms with E-state index >= 15 is 0 Å². The van der Waals surface area contributed by atoms with Crippen LogP contribution in [0.1, 0.15) is 28.4 Å². The van der Waals surface area contributed by atoms with Gasteiger partial charge in [0.2, 0.25) is 0 Å². The molecule has 0 unspecified atom stereocenters. The van der Waals surface area contributed by atoms with E-state index in [9.17, 15) is 28.2 Å². The molecule has 206 valence electrons. The van der Waals surface area contributed by atoms with Crippen molar-refractivity contribution >= 4 is 23.8 Å². The van der Waals surface area contributed by atoms with E-state index in [1.165, 1.54) is 53.4 Å². The van der Waals surface area contributed by atoms with E-state index < -0.39 is 40.6 Å². The summed E-state index contributed by atoms with van der Waals surface area (Å²) in [4.78, 5) is 14.7. The van der Waals surface area contributed by atoms with Gasteiger partial charge in [-0.1, -0.05) is 43.4 Å². The third-order valence-corrected chi connectivity index (χ3v) is 7.58. The van der Waals surface area contributed by atoms with Crippen LogP contribution in [0.25, 0.3) is 6.08 Å². The third-order valence-electron chi connectivity index (χ3n) is 6.12. The Bertz CT molecular complexity index is 1350. The number of carbonyl (C=O) groups excluding carboxylic acids is 1. The van der Waals surface area contributed by atoms with Crippen molar-refractivity contribution in [2.75, 3.05) is 13.2 Å². The maximum atomic E-state index is 14.7. The van der Waals surface area contributed by atoms with Crippen molar-refractivity contribution in [2.45, 2.75) is 35.9 Å². The normalized spacial score (nSPS) is 19.8. The van der Waals surface area contributed by atoms with E-state index in [1.807, 2.05) is 0 Å². The molecule has 0 radical (unpaired) electrons. The van der Waals surface area contributed by atoms with Crippen molar-refractivity contribution in [2.24, 2.45) is 0 Å². The summed E-state index contributed by atoms with van der Waals surface area (Å²) in [6.45, 7) is 2.18. The Morgan fingerprint density at radius 1 is 1.20 bits per heavy atom. The number of nitrogens with zero attached hydrogens (tertiary/aromatic N) is 3. The average Bonchev–Trinajstić information content (AvgIpc) is 3.40. The van der Waals surface area contributed by atoms with Gasteiger partial charge >= 0.3 is 29.6 Å². The molecular formula is C27H25F3N3NaO5S. The topological polar surface area (TPSA) is 110 Å². The molecule has 1 aromatic heterocycles. The summed E-state index contributed by atoms with van der Waals surface area (Å²) < 4.78 is 55.1. The van der Waals surface area contributed by atoms with Gasteiger partial charge in [-0.3, -0.25) is 0 Å². The molecule has 2 aromatic carbocycles. The first-order valence-electron chi connectivity index (χ1n) is 11.9. The molecule has 1 saturated heterocycles. The predicted molar refractivity (Wildman–Crippen MR) is 136 cm³/mol. The fourth-order valence-electron chi connectivity index (χ4n) is 4.03. The molecule has 2 heterocycles. The van der Waals surface area contributed by atoms with Crippen molar-refractivity contribution in [1.29, 1.82) is 0 Å². The van der Waals surface area contributed by atoms with Crippen LogP contribution in [-0.2, 0) is 21.6 Å². The van der Waals surface area contributed by atoms with Crippen LogP contribution in [0.5, 0.6) is 0 Å². The zero-order chi connectivity index (χ0) is 28.0. The fourth-order valence-corrected chi connectivity index (χ4v) is 5.35. The van der Waals surface area contributed by atoms with Crippen LogP contribution in [0.2, 0.25) is 0 Å². The standard InChI is InChI=1S/C27H26F3N3O5S.Na/c1-17(27(36,14-33-16-31-15-32-33)22-9-8-20(28)11-24(22)30)39-21-12-37-25(38-13-21)5-3-2-4-18-6-7-19(26(34)35)10-23(18)29;/h2-11,15-17,21,25,36H,12-14H2,1H3,(H,34,35);/q;+1/p-1/b4-2+,5-3+;/t17-,21?,25?,27-;/m1./s1. The number of aromatic nitrogens is 3. The molecule has 0 bridgehead atoms. The minimum absolute atomic E-state index is 0. The Labute approximate surface area is 255 Å². The molecular weight excluding hydrogens is 558 g/mol. The monoisotopic (exact) mass is 583 g/mol. The number of ether oxygens (including phenoxy) is 2.